The first kappa shape index (κ1) is 14.0. The SMILES string of the molecule is CCN(Cc1cccc(F)c1)C(=O)CC1(N)CCC1. The molecule has 1 saturated carbocycles. The summed E-state index contributed by atoms with van der Waals surface area (Å²) in [4.78, 5) is 14.0. The van der Waals surface area contributed by atoms with Crippen LogP contribution in [0.2, 0.25) is 0 Å². The molecule has 0 heterocycles. The molecule has 0 atom stereocenters. The number of benzene rings is 1. The zero-order valence-electron chi connectivity index (χ0n) is 11.4. The first-order valence-corrected chi connectivity index (χ1v) is 6.83. The minimum Gasteiger partial charge on any atom is -0.339 e. The molecule has 2 N–H and O–H groups in total. The third-order valence-electron chi connectivity index (χ3n) is 3.85. The van der Waals surface area contributed by atoms with Gasteiger partial charge in [0.15, 0.2) is 0 Å². The Morgan fingerprint density at radius 2 is 2.21 bits per heavy atom. The molecule has 0 spiro atoms. The van der Waals surface area contributed by atoms with Gasteiger partial charge in [-0.1, -0.05) is 12.1 Å². The van der Waals surface area contributed by atoms with Crippen LogP contribution in [0.3, 0.4) is 0 Å². The minimum absolute atomic E-state index is 0.0639. The van der Waals surface area contributed by atoms with Gasteiger partial charge in [-0.2, -0.15) is 0 Å². The van der Waals surface area contributed by atoms with Gasteiger partial charge >= 0.3 is 0 Å². The summed E-state index contributed by atoms with van der Waals surface area (Å²) < 4.78 is 13.1. The second-order valence-corrected chi connectivity index (χ2v) is 5.43. The topological polar surface area (TPSA) is 46.3 Å². The number of halogens is 1. The standard InChI is InChI=1S/C15H21FN2O/c1-2-18(11-12-5-3-6-13(16)9-12)14(19)10-15(17)7-4-8-15/h3,5-6,9H,2,4,7-8,10-11,17H2,1H3. The summed E-state index contributed by atoms with van der Waals surface area (Å²) in [6.07, 6.45) is 3.36. The zero-order valence-corrected chi connectivity index (χ0v) is 11.4. The van der Waals surface area contributed by atoms with Crippen LogP contribution in [0.25, 0.3) is 0 Å². The summed E-state index contributed by atoms with van der Waals surface area (Å²) in [5, 5.41) is 0. The van der Waals surface area contributed by atoms with Crippen LogP contribution in [0, 0.1) is 5.82 Å². The predicted molar refractivity (Wildman–Crippen MR) is 72.9 cm³/mol. The molecule has 0 aliphatic heterocycles. The molecule has 1 aliphatic rings. The first-order valence-electron chi connectivity index (χ1n) is 6.83. The van der Waals surface area contributed by atoms with Gasteiger partial charge in [0.05, 0.1) is 0 Å². The molecule has 1 aliphatic carbocycles. The van der Waals surface area contributed by atoms with E-state index >= 15 is 0 Å². The summed E-state index contributed by atoms with van der Waals surface area (Å²) in [6, 6.07) is 6.38. The van der Waals surface area contributed by atoms with Gasteiger partial charge in [-0.3, -0.25) is 4.79 Å². The third kappa shape index (κ3) is 3.53. The fourth-order valence-electron chi connectivity index (χ4n) is 2.45. The molecule has 19 heavy (non-hydrogen) atoms. The minimum atomic E-state index is -0.299. The van der Waals surface area contributed by atoms with Crippen molar-refractivity contribution in [1.29, 1.82) is 0 Å². The smallest absolute Gasteiger partial charge is 0.224 e. The van der Waals surface area contributed by atoms with E-state index in [2.05, 4.69) is 0 Å². The average Bonchev–Trinajstić information content (AvgIpc) is 2.34. The summed E-state index contributed by atoms with van der Waals surface area (Å²) in [6.45, 7) is 3.00. The van der Waals surface area contributed by atoms with Gasteiger partial charge in [0, 0.05) is 25.0 Å². The van der Waals surface area contributed by atoms with E-state index in [1.54, 1.807) is 11.0 Å². The van der Waals surface area contributed by atoms with E-state index in [0.29, 0.717) is 19.5 Å². The molecule has 104 valence electrons. The Morgan fingerprint density at radius 3 is 2.74 bits per heavy atom. The molecular weight excluding hydrogens is 243 g/mol. The van der Waals surface area contributed by atoms with Crippen LogP contribution >= 0.6 is 0 Å². The third-order valence-corrected chi connectivity index (χ3v) is 3.85. The van der Waals surface area contributed by atoms with Crippen molar-refractivity contribution in [3.63, 3.8) is 0 Å². The monoisotopic (exact) mass is 264 g/mol. The van der Waals surface area contributed by atoms with Crippen molar-refractivity contribution in [2.75, 3.05) is 6.54 Å². The van der Waals surface area contributed by atoms with Crippen molar-refractivity contribution in [2.45, 2.75) is 44.7 Å². The fraction of sp³-hybridized carbons (Fsp3) is 0.533. The van der Waals surface area contributed by atoms with Crippen molar-refractivity contribution in [1.82, 2.24) is 4.90 Å². The Labute approximate surface area is 113 Å². The summed E-state index contributed by atoms with van der Waals surface area (Å²) in [5.41, 5.74) is 6.62. The van der Waals surface area contributed by atoms with Gasteiger partial charge in [-0.15, -0.1) is 0 Å². The number of amides is 1. The van der Waals surface area contributed by atoms with Gasteiger partial charge in [-0.05, 0) is 43.9 Å². The maximum atomic E-state index is 13.1. The molecule has 3 nitrogen and oxygen atoms in total. The lowest BCUT2D eigenvalue weighted by molar-refractivity contribution is -0.133. The predicted octanol–water partition coefficient (Wildman–Crippen LogP) is 2.45. The Bertz CT molecular complexity index is 457. The number of nitrogens with zero attached hydrogens (tertiary/aromatic N) is 1. The Morgan fingerprint density at radius 1 is 1.47 bits per heavy atom. The molecule has 0 saturated heterocycles. The molecule has 4 heteroatoms. The highest BCUT2D eigenvalue weighted by Gasteiger charge is 2.35. The van der Waals surface area contributed by atoms with Gasteiger partial charge in [0.2, 0.25) is 5.91 Å². The molecular formula is C15H21FN2O. The second kappa shape index (κ2) is 5.70. The maximum absolute atomic E-state index is 13.1. The summed E-state index contributed by atoms with van der Waals surface area (Å²) >= 11 is 0. The van der Waals surface area contributed by atoms with E-state index in [9.17, 15) is 9.18 Å². The van der Waals surface area contributed by atoms with E-state index in [4.69, 9.17) is 5.73 Å². The summed E-state index contributed by atoms with van der Waals surface area (Å²) in [7, 11) is 0. The number of hydrogen-bond acceptors (Lipinski definition) is 2. The van der Waals surface area contributed by atoms with Crippen LogP contribution < -0.4 is 5.73 Å². The lowest BCUT2D eigenvalue weighted by Crippen LogP contribution is -2.50. The lowest BCUT2D eigenvalue weighted by atomic mass is 9.75. The number of carbonyl (C=O) groups excluding carboxylic acids is 1. The van der Waals surface area contributed by atoms with Crippen molar-refractivity contribution < 1.29 is 9.18 Å². The van der Waals surface area contributed by atoms with Crippen LogP contribution in [0.15, 0.2) is 24.3 Å². The molecule has 0 aromatic heterocycles. The first-order chi connectivity index (χ1) is 9.02. The molecule has 0 unspecified atom stereocenters. The Hall–Kier alpha value is -1.42. The molecule has 0 radical (unpaired) electrons. The van der Waals surface area contributed by atoms with Crippen LogP contribution in [-0.2, 0) is 11.3 Å². The van der Waals surface area contributed by atoms with Crippen LogP contribution in [0.4, 0.5) is 4.39 Å². The van der Waals surface area contributed by atoms with E-state index in [-0.39, 0.29) is 17.3 Å². The lowest BCUT2D eigenvalue weighted by Gasteiger charge is -2.38. The van der Waals surface area contributed by atoms with Gasteiger partial charge in [0.1, 0.15) is 5.82 Å². The molecule has 1 amide bonds. The van der Waals surface area contributed by atoms with Crippen molar-refractivity contribution in [3.05, 3.63) is 35.6 Å². The quantitative estimate of drug-likeness (QED) is 0.888. The van der Waals surface area contributed by atoms with Gasteiger partial charge in [-0.25, -0.2) is 4.39 Å². The highest BCUT2D eigenvalue weighted by molar-refractivity contribution is 5.77. The van der Waals surface area contributed by atoms with Crippen LogP contribution in [-0.4, -0.2) is 22.9 Å². The Balaban J connectivity index is 1.97. The Kier molecular flexibility index (Phi) is 4.20. The van der Waals surface area contributed by atoms with Crippen LogP contribution in [0.5, 0.6) is 0 Å². The van der Waals surface area contributed by atoms with Crippen molar-refractivity contribution in [3.8, 4) is 0 Å². The normalized spacial score (nSPS) is 16.8. The zero-order chi connectivity index (χ0) is 13.9. The van der Waals surface area contributed by atoms with Crippen LogP contribution in [0.1, 0.15) is 38.2 Å². The number of nitrogens with two attached hydrogens (primary N) is 1. The van der Waals surface area contributed by atoms with E-state index in [1.807, 2.05) is 13.0 Å². The van der Waals surface area contributed by atoms with Gasteiger partial charge in [0.25, 0.3) is 0 Å². The molecule has 2 rings (SSSR count). The van der Waals surface area contributed by atoms with Gasteiger partial charge < -0.3 is 10.6 Å². The van der Waals surface area contributed by atoms with Crippen molar-refractivity contribution in [2.24, 2.45) is 5.73 Å². The fourth-order valence-corrected chi connectivity index (χ4v) is 2.45. The number of carbonyl (C=O) groups is 1. The highest BCUT2D eigenvalue weighted by atomic mass is 19.1. The number of hydrogen-bond donors (Lipinski definition) is 1. The van der Waals surface area contributed by atoms with E-state index < -0.39 is 0 Å². The molecule has 0 bridgehead atoms. The summed E-state index contributed by atoms with van der Waals surface area (Å²) in [5.74, 6) is -0.204. The maximum Gasteiger partial charge on any atom is 0.224 e. The average molecular weight is 264 g/mol. The second-order valence-electron chi connectivity index (χ2n) is 5.43. The van der Waals surface area contributed by atoms with E-state index in [1.165, 1.54) is 12.1 Å². The van der Waals surface area contributed by atoms with Crippen molar-refractivity contribution >= 4 is 5.91 Å². The number of rotatable bonds is 5. The highest BCUT2D eigenvalue weighted by Crippen LogP contribution is 2.32. The molecule has 1 aromatic rings. The molecule has 1 aromatic carbocycles. The largest absolute Gasteiger partial charge is 0.339 e. The van der Waals surface area contributed by atoms with E-state index in [0.717, 1.165) is 24.8 Å². The molecule has 1 fully saturated rings.